The number of amides is 2. The maximum Gasteiger partial charge on any atom is 0.335 e. The van der Waals surface area contributed by atoms with Crippen LogP contribution in [-0.2, 0) is 38.3 Å². The summed E-state index contributed by atoms with van der Waals surface area (Å²) in [5.41, 5.74) is 7.79. The van der Waals surface area contributed by atoms with E-state index >= 15 is 0 Å². The van der Waals surface area contributed by atoms with Gasteiger partial charge in [-0.1, -0.05) is 42.5 Å². The van der Waals surface area contributed by atoms with E-state index in [2.05, 4.69) is 20.3 Å². The molecule has 0 saturated carbocycles. The van der Waals surface area contributed by atoms with Crippen molar-refractivity contribution in [1.29, 1.82) is 5.41 Å². The summed E-state index contributed by atoms with van der Waals surface area (Å²) in [6, 6.07) is 15.7. The number of carboxylic acids is 1. The molecule has 2 amide bonds. The van der Waals surface area contributed by atoms with E-state index in [1.54, 1.807) is 48.8 Å². The van der Waals surface area contributed by atoms with Crippen LogP contribution in [0.15, 0.2) is 84.8 Å². The van der Waals surface area contributed by atoms with Gasteiger partial charge in [0.2, 0.25) is 15.9 Å². The lowest BCUT2D eigenvalue weighted by Crippen LogP contribution is -2.40. The number of carbonyl (C=O) groups excluding carboxylic acids is 2. The van der Waals surface area contributed by atoms with E-state index in [-0.39, 0.29) is 23.6 Å². The number of carboxylic acid groups (broad SMARTS) is 1. The molecule has 0 spiro atoms. The molecule has 3 rings (SSSR count). The van der Waals surface area contributed by atoms with Crippen LogP contribution in [-0.4, -0.2) is 48.7 Å². The van der Waals surface area contributed by atoms with Gasteiger partial charge in [0.05, 0.1) is 17.9 Å². The van der Waals surface area contributed by atoms with E-state index < -0.39 is 40.1 Å². The molecule has 214 valence electrons. The smallest absolute Gasteiger partial charge is 0.335 e. The van der Waals surface area contributed by atoms with Crippen molar-refractivity contribution in [2.45, 2.75) is 25.1 Å². The van der Waals surface area contributed by atoms with Crippen molar-refractivity contribution < 1.29 is 27.9 Å². The monoisotopic (exact) mass is 578 g/mol. The molecule has 1 aromatic heterocycles. The van der Waals surface area contributed by atoms with Gasteiger partial charge < -0.3 is 21.5 Å². The molecule has 0 aliphatic heterocycles. The lowest BCUT2D eigenvalue weighted by molar-refractivity contribution is -0.124. The summed E-state index contributed by atoms with van der Waals surface area (Å²) >= 11 is 0. The number of pyridine rings is 1. The number of nitrogens with two attached hydrogens (primary N) is 1. The number of nitrogens with zero attached hydrogens (tertiary/aromatic N) is 1. The summed E-state index contributed by atoms with van der Waals surface area (Å²) in [4.78, 5) is 40.3. The lowest BCUT2D eigenvalue weighted by atomic mass is 10.1. The second kappa shape index (κ2) is 14.4. The fraction of sp³-hybridized carbons (Fsp3) is 0.179. The largest absolute Gasteiger partial charge is 0.478 e. The predicted octanol–water partition coefficient (Wildman–Crippen LogP) is 1.43. The lowest BCUT2D eigenvalue weighted by Gasteiger charge is -2.13. The number of hydrogen-bond acceptors (Lipinski definition) is 7. The van der Waals surface area contributed by atoms with Crippen molar-refractivity contribution in [3.63, 3.8) is 0 Å². The maximum atomic E-state index is 12.9. The van der Waals surface area contributed by atoms with Gasteiger partial charge in [-0.2, -0.15) is 0 Å². The van der Waals surface area contributed by atoms with Crippen molar-refractivity contribution in [3.8, 4) is 0 Å². The highest BCUT2D eigenvalue weighted by atomic mass is 32.2. The van der Waals surface area contributed by atoms with Crippen LogP contribution in [0, 0.1) is 5.41 Å². The van der Waals surface area contributed by atoms with Crippen LogP contribution in [0.25, 0.3) is 0 Å². The molecule has 13 heteroatoms. The number of benzene rings is 2. The fourth-order valence-corrected chi connectivity index (χ4v) is 4.82. The van der Waals surface area contributed by atoms with Gasteiger partial charge in [0, 0.05) is 24.5 Å². The number of rotatable bonds is 14. The molecule has 2 aromatic carbocycles. The Hall–Kier alpha value is -5.04. The van der Waals surface area contributed by atoms with Gasteiger partial charge in [-0.25, -0.2) is 13.2 Å². The third kappa shape index (κ3) is 10.2. The second-order valence-electron chi connectivity index (χ2n) is 8.95. The Labute approximate surface area is 237 Å². The average Bonchev–Trinajstić information content (AvgIpc) is 2.95. The molecular weight excluding hydrogens is 548 g/mol. The summed E-state index contributed by atoms with van der Waals surface area (Å²) in [7, 11) is -4.06. The van der Waals surface area contributed by atoms with Crippen molar-refractivity contribution in [3.05, 3.63) is 113 Å². The van der Waals surface area contributed by atoms with E-state index in [1.165, 1.54) is 30.3 Å². The molecule has 0 atom stereocenters. The van der Waals surface area contributed by atoms with Gasteiger partial charge in [0.1, 0.15) is 11.5 Å². The molecule has 0 radical (unpaired) electrons. The summed E-state index contributed by atoms with van der Waals surface area (Å²) in [6.07, 6.45) is 5.53. The average molecular weight is 579 g/mol. The molecule has 0 unspecified atom stereocenters. The topological polar surface area (TPSA) is 204 Å². The van der Waals surface area contributed by atoms with Crippen molar-refractivity contribution >= 4 is 33.6 Å². The van der Waals surface area contributed by atoms with E-state index in [4.69, 9.17) is 16.2 Å². The Kier molecular flexibility index (Phi) is 10.7. The van der Waals surface area contributed by atoms with Gasteiger partial charge >= 0.3 is 5.97 Å². The first kappa shape index (κ1) is 30.5. The normalized spacial score (nSPS) is 11.4. The van der Waals surface area contributed by atoms with Crippen molar-refractivity contribution in [1.82, 2.24) is 20.3 Å². The van der Waals surface area contributed by atoms with Crippen LogP contribution in [0.2, 0.25) is 0 Å². The zero-order valence-electron chi connectivity index (χ0n) is 22.0. The number of aryl methyl sites for hydroxylation is 1. The van der Waals surface area contributed by atoms with Crippen LogP contribution >= 0.6 is 0 Å². The van der Waals surface area contributed by atoms with Gasteiger partial charge in [-0.05, 0) is 53.8 Å². The zero-order valence-corrected chi connectivity index (χ0v) is 22.8. The zero-order chi connectivity index (χ0) is 29.8. The van der Waals surface area contributed by atoms with E-state index in [1.807, 2.05) is 0 Å². The van der Waals surface area contributed by atoms with E-state index in [0.29, 0.717) is 24.0 Å². The minimum Gasteiger partial charge on any atom is -0.478 e. The number of nitrogens with one attached hydrogen (secondary N) is 4. The van der Waals surface area contributed by atoms with Gasteiger partial charge in [-0.15, -0.1) is 0 Å². The first-order valence-corrected chi connectivity index (χ1v) is 14.1. The summed E-state index contributed by atoms with van der Waals surface area (Å²) in [5, 5.41) is 21.5. The number of sulfonamides is 1. The van der Waals surface area contributed by atoms with Gasteiger partial charge in [0.25, 0.3) is 5.91 Å². The van der Waals surface area contributed by atoms with E-state index in [0.717, 1.165) is 11.1 Å². The number of hydrogen-bond donors (Lipinski definition) is 6. The number of allylic oxidation sites excluding steroid dienone is 1. The number of aromatic nitrogens is 1. The molecule has 7 N–H and O–H groups in total. The number of carbonyl (C=O) groups is 3. The predicted molar refractivity (Wildman–Crippen MR) is 152 cm³/mol. The Balaban J connectivity index is 1.63. The maximum absolute atomic E-state index is 12.9. The molecule has 0 aliphatic rings. The highest BCUT2D eigenvalue weighted by Gasteiger charge is 2.19. The molecule has 0 saturated heterocycles. The molecule has 12 nitrogen and oxygen atoms in total. The van der Waals surface area contributed by atoms with Crippen LogP contribution < -0.4 is 21.1 Å². The number of amidine groups is 1. The Morgan fingerprint density at radius 2 is 1.49 bits per heavy atom. The quantitative estimate of drug-likeness (QED) is 0.0935. The first-order valence-electron chi connectivity index (χ1n) is 12.4. The summed E-state index contributed by atoms with van der Waals surface area (Å²) in [6.45, 7) is -0.223. The molecular formula is C28H30N6O6S. The molecule has 3 aromatic rings. The third-order valence-electron chi connectivity index (χ3n) is 5.76. The van der Waals surface area contributed by atoms with Crippen LogP contribution in [0.5, 0.6) is 0 Å². The first-order chi connectivity index (χ1) is 19.5. The summed E-state index contributed by atoms with van der Waals surface area (Å²) < 4.78 is 28.0. The molecule has 1 heterocycles. The fourth-order valence-electron chi connectivity index (χ4n) is 3.60. The molecule has 0 aliphatic carbocycles. The van der Waals surface area contributed by atoms with Crippen molar-refractivity contribution in [2.75, 3.05) is 6.54 Å². The standard InChI is InChI=1S/C28H30N6O6S/c29-26(30)22-8-4-20(5-9-22)16-32-25(35)17-33-27(36)24(3-1-2-19-12-14-31-15-13-19)34-41(39,40)18-21-6-10-23(11-7-21)28(37)38/h3-15,34H,1-2,16-18H2,(H3,29,30)(H,32,35)(H,33,36)(H,37,38)/b24-3-. The highest BCUT2D eigenvalue weighted by molar-refractivity contribution is 7.88. The number of nitrogen functional groups attached to an aromatic ring is 1. The van der Waals surface area contributed by atoms with Crippen molar-refractivity contribution in [2.24, 2.45) is 5.73 Å². The Morgan fingerprint density at radius 3 is 2.10 bits per heavy atom. The minimum atomic E-state index is -4.06. The Morgan fingerprint density at radius 1 is 0.878 bits per heavy atom. The SMILES string of the molecule is N=C(N)c1ccc(CNC(=O)CNC(=O)/C(=C/CCc2ccncc2)NS(=O)(=O)Cc2ccc(C(=O)O)cc2)cc1. The molecule has 41 heavy (non-hydrogen) atoms. The third-order valence-corrected chi connectivity index (χ3v) is 7.01. The minimum absolute atomic E-state index is 0.0153. The van der Waals surface area contributed by atoms with Gasteiger partial charge in [-0.3, -0.25) is 24.7 Å². The van der Waals surface area contributed by atoms with Crippen LogP contribution in [0.1, 0.15) is 39.0 Å². The second-order valence-corrected chi connectivity index (χ2v) is 10.7. The summed E-state index contributed by atoms with van der Waals surface area (Å²) in [5.74, 6) is -2.98. The molecule has 0 bridgehead atoms. The number of aromatic carboxylic acids is 1. The molecule has 0 fully saturated rings. The Bertz CT molecular complexity index is 1520. The van der Waals surface area contributed by atoms with Crippen LogP contribution in [0.4, 0.5) is 0 Å². The van der Waals surface area contributed by atoms with Crippen LogP contribution in [0.3, 0.4) is 0 Å². The van der Waals surface area contributed by atoms with Gasteiger partial charge in [0.15, 0.2) is 0 Å². The van der Waals surface area contributed by atoms with E-state index in [9.17, 15) is 22.8 Å². The highest BCUT2D eigenvalue weighted by Crippen LogP contribution is 2.10.